The first kappa shape index (κ1) is 34.5. The highest BCUT2D eigenvalue weighted by Crippen LogP contribution is 2.25. The summed E-state index contributed by atoms with van der Waals surface area (Å²) in [6.07, 6.45) is 0. The summed E-state index contributed by atoms with van der Waals surface area (Å²) in [5, 5.41) is 30.5. The lowest BCUT2D eigenvalue weighted by atomic mass is 9.96. The number of nitrogens with one attached hydrogen (secondary N) is 2. The number of anilines is 2. The zero-order chi connectivity index (χ0) is 33.8. The Morgan fingerprint density at radius 3 is 1.98 bits per heavy atom. The van der Waals surface area contributed by atoms with E-state index in [1.165, 1.54) is 30.3 Å². The van der Waals surface area contributed by atoms with Crippen LogP contribution in [0.15, 0.2) is 84.9 Å². The molecular formula is C33H35N3O11. The Morgan fingerprint density at radius 1 is 0.766 bits per heavy atom. The number of carbonyl (C=O) groups is 2. The van der Waals surface area contributed by atoms with Crippen LogP contribution >= 0.6 is 0 Å². The van der Waals surface area contributed by atoms with Crippen LogP contribution in [0.5, 0.6) is 23.0 Å². The van der Waals surface area contributed by atoms with Gasteiger partial charge in [0, 0.05) is 11.1 Å². The molecule has 14 nitrogen and oxygen atoms in total. The number of nitrogens with two attached hydrogens (primary N) is 1. The maximum absolute atomic E-state index is 12.8. The number of benzene rings is 4. The predicted octanol–water partition coefficient (Wildman–Crippen LogP) is 5.54. The molecule has 4 aromatic carbocycles. The van der Waals surface area contributed by atoms with Gasteiger partial charge in [0.05, 0.1) is 36.6 Å². The number of rotatable bonds is 17. The third-order valence-corrected chi connectivity index (χ3v) is 6.66. The van der Waals surface area contributed by atoms with Crippen LogP contribution in [0, 0.1) is 5.41 Å². The normalized spacial score (nSPS) is 11.1. The fourth-order valence-corrected chi connectivity index (χ4v) is 4.21. The fourth-order valence-electron chi connectivity index (χ4n) is 4.21. The van der Waals surface area contributed by atoms with Crippen molar-refractivity contribution in [3.05, 3.63) is 107 Å². The molecule has 4 aromatic rings. The van der Waals surface area contributed by atoms with Gasteiger partial charge in [0.25, 0.3) is 5.91 Å². The van der Waals surface area contributed by atoms with Crippen molar-refractivity contribution in [1.82, 2.24) is 0 Å². The highest BCUT2D eigenvalue weighted by molar-refractivity contribution is 6.11. The van der Waals surface area contributed by atoms with Crippen LogP contribution in [0.2, 0.25) is 0 Å². The lowest BCUT2D eigenvalue weighted by Gasteiger charge is -2.25. The Labute approximate surface area is 269 Å². The molecule has 14 heteroatoms. The first-order chi connectivity index (χ1) is 22.6. The summed E-state index contributed by atoms with van der Waals surface area (Å²) in [7, 11) is 0. The lowest BCUT2D eigenvalue weighted by Crippen LogP contribution is -2.28. The van der Waals surface area contributed by atoms with Gasteiger partial charge in [-0.2, -0.15) is 5.90 Å². The number of carboxylic acid groups (broad SMARTS) is 1. The highest BCUT2D eigenvalue weighted by atomic mass is 17.3. The van der Waals surface area contributed by atoms with Crippen molar-refractivity contribution < 1.29 is 54.1 Å². The molecule has 0 saturated heterocycles. The molecule has 4 rings (SSSR count). The van der Waals surface area contributed by atoms with E-state index >= 15 is 0 Å². The molecule has 0 atom stereocenters. The van der Waals surface area contributed by atoms with E-state index < -0.39 is 11.9 Å². The van der Waals surface area contributed by atoms with Gasteiger partial charge in [0.2, 0.25) is 0 Å². The highest BCUT2D eigenvalue weighted by Gasteiger charge is 2.21. The molecule has 0 saturated carbocycles. The number of hydrogen-bond donors (Lipinski definition) is 6. The van der Waals surface area contributed by atoms with Gasteiger partial charge in [-0.1, -0.05) is 24.9 Å². The number of phenols is 1. The van der Waals surface area contributed by atoms with Crippen LogP contribution in [-0.2, 0) is 27.9 Å². The fraction of sp³-hybridized carbons (Fsp3) is 0.212. The SMILES string of the molecule is CC(C)(COc1ccc(NOCc2ccc(O)cc2COO)cc1)COc1ccc(NC(=O)c2cc(OON)ccc2C(=O)O)cc1. The van der Waals surface area contributed by atoms with E-state index in [9.17, 15) is 19.8 Å². The minimum atomic E-state index is -1.28. The number of ether oxygens (including phenoxy) is 2. The van der Waals surface area contributed by atoms with Gasteiger partial charge < -0.3 is 29.9 Å². The second-order valence-corrected chi connectivity index (χ2v) is 11.1. The Kier molecular flexibility index (Phi) is 11.9. The largest absolute Gasteiger partial charge is 0.508 e. The molecule has 7 N–H and O–H groups in total. The lowest BCUT2D eigenvalue weighted by molar-refractivity contribution is -0.253. The summed E-state index contributed by atoms with van der Waals surface area (Å²) in [4.78, 5) is 42.9. The maximum atomic E-state index is 12.8. The van der Waals surface area contributed by atoms with Crippen LogP contribution in [0.3, 0.4) is 0 Å². The van der Waals surface area contributed by atoms with Gasteiger partial charge in [-0.3, -0.25) is 20.4 Å². The van der Waals surface area contributed by atoms with Crippen LogP contribution < -0.4 is 31.1 Å². The number of amides is 1. The molecule has 0 heterocycles. The number of hydrogen-bond acceptors (Lipinski definition) is 12. The molecule has 47 heavy (non-hydrogen) atoms. The smallest absolute Gasteiger partial charge is 0.336 e. The van der Waals surface area contributed by atoms with E-state index in [0.29, 0.717) is 41.7 Å². The Hall–Kier alpha value is -5.38. The summed E-state index contributed by atoms with van der Waals surface area (Å²) in [5.74, 6) is 4.29. The average molecular weight is 650 g/mol. The van der Waals surface area contributed by atoms with Crippen molar-refractivity contribution in [3.63, 3.8) is 0 Å². The Morgan fingerprint density at radius 2 is 1.38 bits per heavy atom. The maximum Gasteiger partial charge on any atom is 0.336 e. The minimum Gasteiger partial charge on any atom is -0.508 e. The summed E-state index contributed by atoms with van der Waals surface area (Å²) in [6.45, 7) is 4.80. The van der Waals surface area contributed by atoms with Crippen molar-refractivity contribution in [2.75, 3.05) is 24.0 Å². The van der Waals surface area contributed by atoms with Crippen LogP contribution in [-0.4, -0.2) is 40.6 Å². The Bertz CT molecular complexity index is 1650. The van der Waals surface area contributed by atoms with E-state index in [-0.39, 0.29) is 41.3 Å². The molecule has 0 aliphatic rings. The molecule has 0 fully saturated rings. The molecule has 0 aliphatic heterocycles. The van der Waals surface area contributed by atoms with E-state index in [1.807, 2.05) is 13.8 Å². The topological polar surface area (TPSA) is 200 Å². The second kappa shape index (κ2) is 16.3. The first-order valence-corrected chi connectivity index (χ1v) is 14.2. The van der Waals surface area contributed by atoms with E-state index in [4.69, 9.17) is 30.4 Å². The van der Waals surface area contributed by atoms with Crippen molar-refractivity contribution in [3.8, 4) is 23.0 Å². The van der Waals surface area contributed by atoms with Crippen molar-refractivity contribution >= 4 is 23.3 Å². The van der Waals surface area contributed by atoms with Gasteiger partial charge in [-0.25, -0.2) is 9.68 Å². The second-order valence-electron chi connectivity index (χ2n) is 11.1. The number of carboxylic acids is 1. The zero-order valence-corrected chi connectivity index (χ0v) is 25.6. The number of aromatic carboxylic acids is 1. The molecule has 248 valence electrons. The summed E-state index contributed by atoms with van der Waals surface area (Å²) in [6, 6.07) is 22.3. The van der Waals surface area contributed by atoms with Gasteiger partial charge >= 0.3 is 5.97 Å². The molecule has 0 aliphatic carbocycles. The molecule has 0 bridgehead atoms. The number of carbonyl (C=O) groups excluding carboxylic acids is 1. The number of aromatic hydroxyl groups is 1. The van der Waals surface area contributed by atoms with Crippen LogP contribution in [0.1, 0.15) is 45.7 Å². The van der Waals surface area contributed by atoms with Gasteiger partial charge in [0.15, 0.2) is 5.75 Å². The van der Waals surface area contributed by atoms with Gasteiger partial charge in [-0.15, -0.1) is 0 Å². The zero-order valence-electron chi connectivity index (χ0n) is 25.6. The monoisotopic (exact) mass is 649 g/mol. The molecule has 0 radical (unpaired) electrons. The van der Waals surface area contributed by atoms with Crippen molar-refractivity contribution in [2.24, 2.45) is 11.3 Å². The number of phenolic OH excluding ortho intramolecular Hbond substituents is 1. The Balaban J connectivity index is 1.23. The van der Waals surface area contributed by atoms with Gasteiger partial charge in [0.1, 0.15) is 23.9 Å². The summed E-state index contributed by atoms with van der Waals surface area (Å²) >= 11 is 0. The standard InChI is InChI=1S/C33H35N3O11/c1-33(2,20-43-27-11-6-24(7-12-27)36-44-17-21-3-8-25(37)15-22(21)18-45-41)19-42-26-9-4-23(5-10-26)35-31(38)30-16-28(46-47-34)13-14-29(30)32(39)40/h3-16,36-37,41H,17-20,34H2,1-2H3,(H,35,38)(H,39,40). The van der Waals surface area contributed by atoms with Crippen LogP contribution in [0.25, 0.3) is 0 Å². The molecule has 0 unspecified atom stereocenters. The van der Waals surface area contributed by atoms with Crippen LogP contribution in [0.4, 0.5) is 11.4 Å². The molecular weight excluding hydrogens is 614 g/mol. The van der Waals surface area contributed by atoms with E-state index in [0.717, 1.165) is 5.56 Å². The molecule has 0 spiro atoms. The summed E-state index contributed by atoms with van der Waals surface area (Å²) in [5.41, 5.74) is 4.59. The summed E-state index contributed by atoms with van der Waals surface area (Å²) < 4.78 is 11.9. The third kappa shape index (κ3) is 10.3. The molecule has 1 amide bonds. The van der Waals surface area contributed by atoms with Gasteiger partial charge in [-0.05, 0) is 90.0 Å². The molecule has 0 aromatic heterocycles. The first-order valence-electron chi connectivity index (χ1n) is 14.2. The predicted molar refractivity (Wildman–Crippen MR) is 169 cm³/mol. The minimum absolute atomic E-state index is 0.0608. The third-order valence-electron chi connectivity index (χ3n) is 6.66. The van der Waals surface area contributed by atoms with E-state index in [2.05, 4.69) is 20.7 Å². The van der Waals surface area contributed by atoms with Crippen molar-refractivity contribution in [2.45, 2.75) is 27.1 Å². The average Bonchev–Trinajstić information content (AvgIpc) is 3.05. The van der Waals surface area contributed by atoms with E-state index in [1.54, 1.807) is 54.6 Å². The van der Waals surface area contributed by atoms with Crippen molar-refractivity contribution in [1.29, 1.82) is 0 Å². The quantitative estimate of drug-likeness (QED) is 0.0615.